The van der Waals surface area contributed by atoms with Crippen LogP contribution in [-0.2, 0) is 13.2 Å². The third-order valence-corrected chi connectivity index (χ3v) is 5.83. The molecule has 1 aliphatic rings. The summed E-state index contributed by atoms with van der Waals surface area (Å²) in [6, 6.07) is 21.6. The van der Waals surface area contributed by atoms with Crippen molar-refractivity contribution in [1.82, 2.24) is 4.57 Å². The van der Waals surface area contributed by atoms with Gasteiger partial charge in [0.25, 0.3) is 0 Å². The van der Waals surface area contributed by atoms with Crippen molar-refractivity contribution in [3.05, 3.63) is 101 Å². The van der Waals surface area contributed by atoms with E-state index in [2.05, 4.69) is 33.7 Å². The Morgan fingerprint density at radius 1 is 0.871 bits per heavy atom. The number of halogens is 3. The van der Waals surface area contributed by atoms with Gasteiger partial charge in [-0.1, -0.05) is 42.5 Å². The Morgan fingerprint density at radius 3 is 2.29 bits per heavy atom. The zero-order valence-electron chi connectivity index (χ0n) is 17.1. The molecule has 0 atom stereocenters. The number of alkyl halides is 3. The largest absolute Gasteiger partial charge is 0.416 e. The van der Waals surface area contributed by atoms with Gasteiger partial charge in [-0.25, -0.2) is 4.58 Å². The predicted molar refractivity (Wildman–Crippen MR) is 119 cm³/mol. The van der Waals surface area contributed by atoms with E-state index in [1.807, 2.05) is 50.5 Å². The van der Waals surface area contributed by atoms with Gasteiger partial charge in [0.15, 0.2) is 6.21 Å². The third-order valence-electron chi connectivity index (χ3n) is 5.83. The maximum absolute atomic E-state index is 13.2. The fourth-order valence-corrected chi connectivity index (χ4v) is 4.36. The summed E-state index contributed by atoms with van der Waals surface area (Å²) in [4.78, 5) is 0. The molecular weight excluding hydrogens is 397 g/mol. The van der Waals surface area contributed by atoms with Gasteiger partial charge in [0, 0.05) is 41.4 Å². The minimum atomic E-state index is -4.36. The van der Waals surface area contributed by atoms with Crippen LogP contribution in [0.5, 0.6) is 0 Å². The second-order valence-electron chi connectivity index (χ2n) is 7.79. The highest BCUT2D eigenvalue weighted by Crippen LogP contribution is 2.41. The number of allylic oxidation sites excluding steroid dienone is 1. The van der Waals surface area contributed by atoms with Crippen molar-refractivity contribution in [2.75, 3.05) is 7.05 Å². The van der Waals surface area contributed by atoms with Crippen LogP contribution >= 0.6 is 0 Å². The Kier molecular flexibility index (Phi) is 4.36. The molecule has 3 aromatic carbocycles. The normalized spacial score (nSPS) is 15.2. The SMILES string of the molecule is Cn1cc(C(=C2C=[N+](C)c3ccccc32)c2ccc(C(F)(F)F)cc2)c2ccccc21. The Balaban J connectivity index is 1.83. The molecule has 5 heteroatoms. The quantitative estimate of drug-likeness (QED) is 0.328. The number of hydrogen-bond acceptors (Lipinski definition) is 0. The van der Waals surface area contributed by atoms with Crippen molar-refractivity contribution in [3.8, 4) is 0 Å². The molecule has 2 nitrogen and oxygen atoms in total. The molecule has 0 N–H and O–H groups in total. The Morgan fingerprint density at radius 2 is 1.55 bits per heavy atom. The zero-order valence-corrected chi connectivity index (χ0v) is 17.1. The first-order chi connectivity index (χ1) is 14.8. The van der Waals surface area contributed by atoms with E-state index in [0.717, 1.165) is 56.6 Å². The predicted octanol–water partition coefficient (Wildman–Crippen LogP) is 6.51. The summed E-state index contributed by atoms with van der Waals surface area (Å²) in [5.41, 5.74) is 6.22. The molecule has 2 heterocycles. The summed E-state index contributed by atoms with van der Waals surface area (Å²) >= 11 is 0. The molecule has 154 valence electrons. The molecular formula is C26H20F3N2+. The van der Waals surface area contributed by atoms with Crippen LogP contribution in [0.15, 0.2) is 79.0 Å². The molecule has 0 aliphatic carbocycles. The zero-order chi connectivity index (χ0) is 21.8. The lowest BCUT2D eigenvalue weighted by molar-refractivity contribution is -0.395. The average molecular weight is 417 g/mol. The highest BCUT2D eigenvalue weighted by Gasteiger charge is 2.31. The Labute approximate surface area is 178 Å². The number of benzene rings is 3. The first-order valence-electron chi connectivity index (χ1n) is 9.98. The second-order valence-corrected chi connectivity index (χ2v) is 7.79. The van der Waals surface area contributed by atoms with E-state index < -0.39 is 11.7 Å². The standard InChI is InChI=1S/C26H20F3N2/c1-30-15-21(19-7-3-5-9-23(19)30)25(17-11-13-18(14-12-17)26(27,28)29)22-16-31(2)24-10-6-4-8-20(22)24/h3-16H,1-2H3/q+1. The molecule has 0 spiro atoms. The van der Waals surface area contributed by atoms with Crippen LogP contribution in [0.25, 0.3) is 22.0 Å². The Bertz CT molecular complexity index is 1370. The number of para-hydroxylation sites is 2. The highest BCUT2D eigenvalue weighted by atomic mass is 19.4. The molecule has 0 bridgehead atoms. The van der Waals surface area contributed by atoms with Gasteiger partial charge >= 0.3 is 6.18 Å². The molecule has 0 saturated carbocycles. The fraction of sp³-hybridized carbons (Fsp3) is 0.115. The number of hydrogen-bond donors (Lipinski definition) is 0. The smallest absolute Gasteiger partial charge is 0.350 e. The summed E-state index contributed by atoms with van der Waals surface area (Å²) in [5, 5.41) is 1.06. The van der Waals surface area contributed by atoms with Crippen molar-refractivity contribution >= 4 is 34.0 Å². The van der Waals surface area contributed by atoms with Crippen LogP contribution < -0.4 is 0 Å². The summed E-state index contributed by atoms with van der Waals surface area (Å²) in [6.07, 6.45) is -0.254. The van der Waals surface area contributed by atoms with E-state index in [9.17, 15) is 13.2 Å². The fourth-order valence-electron chi connectivity index (χ4n) is 4.36. The number of rotatable bonds is 2. The highest BCUT2D eigenvalue weighted by molar-refractivity contribution is 6.25. The number of aromatic nitrogens is 1. The molecule has 0 radical (unpaired) electrons. The summed E-state index contributed by atoms with van der Waals surface area (Å²) < 4.78 is 43.6. The molecule has 1 aromatic heterocycles. The summed E-state index contributed by atoms with van der Waals surface area (Å²) in [5.74, 6) is 0. The van der Waals surface area contributed by atoms with Crippen LogP contribution in [0.4, 0.5) is 18.9 Å². The topological polar surface area (TPSA) is 7.94 Å². The van der Waals surface area contributed by atoms with Gasteiger partial charge in [-0.3, -0.25) is 0 Å². The van der Waals surface area contributed by atoms with E-state index in [4.69, 9.17) is 0 Å². The van der Waals surface area contributed by atoms with Crippen LogP contribution in [0, 0.1) is 0 Å². The van der Waals surface area contributed by atoms with Crippen molar-refractivity contribution in [2.45, 2.75) is 6.18 Å². The number of nitrogens with zero attached hydrogens (tertiary/aromatic N) is 2. The third kappa shape index (κ3) is 3.17. The average Bonchev–Trinajstić information content (AvgIpc) is 3.26. The van der Waals surface area contributed by atoms with E-state index in [1.165, 1.54) is 0 Å². The lowest BCUT2D eigenvalue weighted by atomic mass is 9.89. The first kappa shape index (κ1) is 19.4. The van der Waals surface area contributed by atoms with Gasteiger partial charge < -0.3 is 4.57 Å². The van der Waals surface area contributed by atoms with Crippen LogP contribution in [0.2, 0.25) is 0 Å². The maximum Gasteiger partial charge on any atom is 0.416 e. The van der Waals surface area contributed by atoms with Gasteiger partial charge in [-0.05, 0) is 29.8 Å². The molecule has 4 aromatic rings. The number of fused-ring (bicyclic) bond motifs is 2. The van der Waals surface area contributed by atoms with Gasteiger partial charge in [-0.15, -0.1) is 0 Å². The van der Waals surface area contributed by atoms with E-state index in [1.54, 1.807) is 12.1 Å². The molecule has 5 rings (SSSR count). The molecule has 0 fully saturated rings. The van der Waals surface area contributed by atoms with Crippen LogP contribution in [-0.4, -0.2) is 22.4 Å². The van der Waals surface area contributed by atoms with Crippen molar-refractivity contribution in [1.29, 1.82) is 0 Å². The minimum absolute atomic E-state index is 0.647. The minimum Gasteiger partial charge on any atom is -0.350 e. The van der Waals surface area contributed by atoms with Gasteiger partial charge in [0.05, 0.1) is 16.7 Å². The van der Waals surface area contributed by atoms with Crippen molar-refractivity contribution < 1.29 is 17.7 Å². The molecule has 0 unspecified atom stereocenters. The molecule has 0 amide bonds. The molecule has 31 heavy (non-hydrogen) atoms. The van der Waals surface area contributed by atoms with Crippen molar-refractivity contribution in [2.24, 2.45) is 7.05 Å². The van der Waals surface area contributed by atoms with Crippen LogP contribution in [0.1, 0.15) is 22.3 Å². The number of aryl methyl sites for hydroxylation is 1. The molecule has 1 aliphatic heterocycles. The molecule has 0 saturated heterocycles. The lowest BCUT2D eigenvalue weighted by Gasteiger charge is -2.12. The van der Waals surface area contributed by atoms with E-state index >= 15 is 0 Å². The van der Waals surface area contributed by atoms with Crippen LogP contribution in [0.3, 0.4) is 0 Å². The van der Waals surface area contributed by atoms with E-state index in [0.29, 0.717) is 0 Å². The first-order valence-corrected chi connectivity index (χ1v) is 9.98. The second kappa shape index (κ2) is 6.98. The Hall–Kier alpha value is -3.60. The van der Waals surface area contributed by atoms with Gasteiger partial charge in [0.1, 0.15) is 7.05 Å². The summed E-state index contributed by atoms with van der Waals surface area (Å²) in [7, 11) is 3.97. The van der Waals surface area contributed by atoms with Gasteiger partial charge in [0.2, 0.25) is 5.69 Å². The monoisotopic (exact) mass is 417 g/mol. The van der Waals surface area contributed by atoms with E-state index in [-0.39, 0.29) is 0 Å². The van der Waals surface area contributed by atoms with Gasteiger partial charge in [-0.2, -0.15) is 13.2 Å². The van der Waals surface area contributed by atoms with Crippen molar-refractivity contribution in [3.63, 3.8) is 0 Å². The lowest BCUT2D eigenvalue weighted by Crippen LogP contribution is -2.04. The summed E-state index contributed by atoms with van der Waals surface area (Å²) in [6.45, 7) is 0. The maximum atomic E-state index is 13.2.